The van der Waals surface area contributed by atoms with Crippen LogP contribution >= 0.6 is 0 Å². The van der Waals surface area contributed by atoms with Gasteiger partial charge in [0.1, 0.15) is 18.3 Å². The van der Waals surface area contributed by atoms with Gasteiger partial charge < -0.3 is 24.4 Å². The molecule has 0 amide bonds. The van der Waals surface area contributed by atoms with Gasteiger partial charge in [-0.3, -0.25) is 4.18 Å². The quantitative estimate of drug-likeness (QED) is 0.696. The Morgan fingerprint density at radius 2 is 1.77 bits per heavy atom. The van der Waals surface area contributed by atoms with E-state index in [0.29, 0.717) is 0 Å². The molecule has 0 bridgehead atoms. The topological polar surface area (TPSA) is 112 Å². The van der Waals surface area contributed by atoms with Crippen molar-refractivity contribution in [3.8, 4) is 0 Å². The van der Waals surface area contributed by atoms with E-state index in [4.69, 9.17) is 18.4 Å². The summed E-state index contributed by atoms with van der Waals surface area (Å²) in [5, 5.41) is 21.6. The van der Waals surface area contributed by atoms with Crippen LogP contribution in [0.2, 0.25) is 0 Å². The molecule has 2 aliphatic rings. The van der Waals surface area contributed by atoms with E-state index in [1.54, 1.807) is 12.1 Å². The molecule has 2 heterocycles. The number of aliphatic hydroxyl groups is 2. The summed E-state index contributed by atoms with van der Waals surface area (Å²) < 4.78 is 47.8. The molecule has 0 aromatic heterocycles. The predicted molar refractivity (Wildman–Crippen MR) is 105 cm³/mol. The van der Waals surface area contributed by atoms with E-state index in [1.807, 2.05) is 37.3 Å². The maximum Gasteiger partial charge on any atom is 0.297 e. The lowest BCUT2D eigenvalue weighted by atomic mass is 9.93. The Hall–Kier alpha value is -1.85. The van der Waals surface area contributed by atoms with Gasteiger partial charge in [0.2, 0.25) is 0 Å². The van der Waals surface area contributed by atoms with Gasteiger partial charge in [0.15, 0.2) is 18.2 Å². The van der Waals surface area contributed by atoms with Crippen molar-refractivity contribution >= 4 is 10.1 Å². The van der Waals surface area contributed by atoms with Gasteiger partial charge in [0.25, 0.3) is 10.1 Å². The number of benzene rings is 2. The molecule has 0 radical (unpaired) electrons. The molecule has 30 heavy (non-hydrogen) atoms. The third kappa shape index (κ3) is 4.15. The van der Waals surface area contributed by atoms with Gasteiger partial charge in [-0.25, -0.2) is 0 Å². The lowest BCUT2D eigenvalue weighted by Gasteiger charge is -2.49. The minimum atomic E-state index is -4.27. The third-order valence-electron chi connectivity index (χ3n) is 5.24. The molecule has 162 valence electrons. The van der Waals surface area contributed by atoms with Crippen molar-refractivity contribution in [2.24, 2.45) is 0 Å². The fraction of sp³-hybridized carbons (Fsp3) is 0.429. The molecule has 2 aliphatic heterocycles. The van der Waals surface area contributed by atoms with Crippen molar-refractivity contribution in [1.29, 1.82) is 0 Å². The summed E-state index contributed by atoms with van der Waals surface area (Å²) in [7, 11) is -4.27. The molecular formula is C21H24O8S. The molecule has 2 fully saturated rings. The maximum atomic E-state index is 12.7. The van der Waals surface area contributed by atoms with Crippen LogP contribution in [0.3, 0.4) is 0 Å². The molecule has 6 atom stereocenters. The summed E-state index contributed by atoms with van der Waals surface area (Å²) in [4.78, 5) is -0.0896. The second kappa shape index (κ2) is 8.01. The standard InChI is InChI=1S/C21H24O8S/c1-13-8-10-15(11-9-13)30(24,25)29-19-17(22)18-16(28-21(19,2)23)12-26-20(27-18)14-6-4-3-5-7-14/h3-11,16-20,22-23H,12H2,1-2H3/t16-,17+,18-,19-,20?,21+/m1/s1. The van der Waals surface area contributed by atoms with Crippen molar-refractivity contribution in [2.45, 2.75) is 55.2 Å². The molecule has 8 nitrogen and oxygen atoms in total. The number of hydrogen-bond donors (Lipinski definition) is 2. The fourth-order valence-corrected chi connectivity index (χ4v) is 4.78. The van der Waals surface area contributed by atoms with Crippen molar-refractivity contribution in [3.05, 3.63) is 65.7 Å². The second-order valence-corrected chi connectivity index (χ2v) is 9.23. The molecular weight excluding hydrogens is 412 g/mol. The molecule has 0 spiro atoms. The van der Waals surface area contributed by atoms with Crippen molar-refractivity contribution in [2.75, 3.05) is 6.61 Å². The van der Waals surface area contributed by atoms with Crippen molar-refractivity contribution < 1.29 is 37.0 Å². The van der Waals surface area contributed by atoms with E-state index in [1.165, 1.54) is 19.1 Å². The average Bonchev–Trinajstić information content (AvgIpc) is 2.72. The Balaban J connectivity index is 1.57. The Morgan fingerprint density at radius 1 is 1.10 bits per heavy atom. The first kappa shape index (κ1) is 21.4. The van der Waals surface area contributed by atoms with E-state index < -0.39 is 46.6 Å². The van der Waals surface area contributed by atoms with Crippen LogP contribution in [0.15, 0.2) is 59.5 Å². The van der Waals surface area contributed by atoms with E-state index in [0.717, 1.165) is 11.1 Å². The van der Waals surface area contributed by atoms with Gasteiger partial charge >= 0.3 is 0 Å². The van der Waals surface area contributed by atoms with Crippen LogP contribution in [0.4, 0.5) is 0 Å². The minimum absolute atomic E-state index is 0.0505. The van der Waals surface area contributed by atoms with Gasteiger partial charge in [-0.15, -0.1) is 0 Å². The van der Waals surface area contributed by atoms with Gasteiger partial charge in [0, 0.05) is 5.56 Å². The molecule has 1 unspecified atom stereocenters. The van der Waals surface area contributed by atoms with Gasteiger partial charge in [-0.05, 0) is 26.0 Å². The highest BCUT2D eigenvalue weighted by molar-refractivity contribution is 7.86. The van der Waals surface area contributed by atoms with Crippen molar-refractivity contribution in [3.63, 3.8) is 0 Å². The highest BCUT2D eigenvalue weighted by Crippen LogP contribution is 2.39. The number of rotatable bonds is 4. The normalized spacial score (nSPS) is 34.3. The molecule has 2 aromatic rings. The summed E-state index contributed by atoms with van der Waals surface area (Å²) in [5.74, 6) is -2.08. The van der Waals surface area contributed by atoms with Crippen LogP contribution in [-0.4, -0.2) is 55.4 Å². The first-order valence-electron chi connectivity index (χ1n) is 9.57. The lowest BCUT2D eigenvalue weighted by molar-refractivity contribution is -0.383. The summed E-state index contributed by atoms with van der Waals surface area (Å²) >= 11 is 0. The van der Waals surface area contributed by atoms with Crippen LogP contribution in [0.1, 0.15) is 24.3 Å². The zero-order valence-electron chi connectivity index (χ0n) is 16.5. The Morgan fingerprint density at radius 3 is 2.43 bits per heavy atom. The summed E-state index contributed by atoms with van der Waals surface area (Å²) in [5.41, 5.74) is 1.62. The largest absolute Gasteiger partial charge is 0.387 e. The monoisotopic (exact) mass is 436 g/mol. The van der Waals surface area contributed by atoms with E-state index in [9.17, 15) is 18.6 Å². The zero-order chi connectivity index (χ0) is 21.5. The van der Waals surface area contributed by atoms with Gasteiger partial charge in [-0.2, -0.15) is 8.42 Å². The highest BCUT2D eigenvalue weighted by Gasteiger charge is 2.56. The predicted octanol–water partition coefficient (Wildman–Crippen LogP) is 1.65. The first-order chi connectivity index (χ1) is 14.2. The SMILES string of the molecule is Cc1ccc(S(=O)(=O)O[C@@H]2[C@@H](O)[C@@H]3OC(c4ccccc4)OC[C@H]3O[C@]2(C)O)cc1. The Kier molecular flexibility index (Phi) is 5.71. The average molecular weight is 436 g/mol. The lowest BCUT2D eigenvalue weighted by Crippen LogP contribution is -2.67. The second-order valence-electron chi connectivity index (χ2n) is 7.66. The number of ether oxygens (including phenoxy) is 3. The van der Waals surface area contributed by atoms with Crippen LogP contribution in [-0.2, 0) is 28.5 Å². The number of aryl methyl sites for hydroxylation is 1. The molecule has 0 aliphatic carbocycles. The highest BCUT2D eigenvalue weighted by atomic mass is 32.2. The summed E-state index contributed by atoms with van der Waals surface area (Å²) in [6.45, 7) is 3.12. The van der Waals surface area contributed by atoms with Crippen LogP contribution in [0.5, 0.6) is 0 Å². The van der Waals surface area contributed by atoms with E-state index in [2.05, 4.69) is 0 Å². The molecule has 4 rings (SSSR count). The van der Waals surface area contributed by atoms with Crippen LogP contribution < -0.4 is 0 Å². The smallest absolute Gasteiger partial charge is 0.297 e. The van der Waals surface area contributed by atoms with E-state index >= 15 is 0 Å². The first-order valence-corrected chi connectivity index (χ1v) is 11.0. The molecule has 2 saturated heterocycles. The number of fused-ring (bicyclic) bond motifs is 1. The molecule has 2 N–H and O–H groups in total. The van der Waals surface area contributed by atoms with Gasteiger partial charge in [-0.1, -0.05) is 48.0 Å². The van der Waals surface area contributed by atoms with E-state index in [-0.39, 0.29) is 11.5 Å². The zero-order valence-corrected chi connectivity index (χ0v) is 17.4. The van der Waals surface area contributed by atoms with Crippen molar-refractivity contribution in [1.82, 2.24) is 0 Å². The number of hydrogen-bond acceptors (Lipinski definition) is 8. The Labute approximate surface area is 175 Å². The maximum absolute atomic E-state index is 12.7. The summed E-state index contributed by atoms with van der Waals surface area (Å²) in [6.07, 6.45) is -5.59. The fourth-order valence-electron chi connectivity index (χ4n) is 3.64. The van der Waals surface area contributed by atoms with Gasteiger partial charge in [0.05, 0.1) is 11.5 Å². The van der Waals surface area contributed by atoms with Crippen LogP contribution in [0.25, 0.3) is 0 Å². The molecule has 9 heteroatoms. The number of aliphatic hydroxyl groups excluding tert-OH is 1. The van der Waals surface area contributed by atoms with Crippen LogP contribution in [0, 0.1) is 6.92 Å². The Bertz CT molecular complexity index is 974. The summed E-state index contributed by atoms with van der Waals surface area (Å²) in [6, 6.07) is 15.2. The third-order valence-corrected chi connectivity index (χ3v) is 6.55. The molecule has 2 aromatic carbocycles. The molecule has 0 saturated carbocycles. The minimum Gasteiger partial charge on any atom is -0.387 e.